The molecule has 0 unspecified atom stereocenters. The third-order valence-electron chi connectivity index (χ3n) is 15.8. The van der Waals surface area contributed by atoms with E-state index in [1.165, 1.54) is 91.9 Å². The highest BCUT2D eigenvalue weighted by molar-refractivity contribution is 14.1. The van der Waals surface area contributed by atoms with Crippen molar-refractivity contribution in [2.75, 3.05) is 0 Å². The average molecular weight is 1070 g/mol. The molecule has 0 fully saturated rings. The molecule has 2 N–H and O–H groups in total. The Labute approximate surface area is 447 Å². The van der Waals surface area contributed by atoms with Crippen LogP contribution in [0, 0.1) is 29.3 Å². The molecule has 0 saturated carbocycles. The van der Waals surface area contributed by atoms with E-state index >= 15 is 0 Å². The predicted molar refractivity (Wildman–Crippen MR) is 323 cm³/mol. The van der Waals surface area contributed by atoms with Crippen LogP contribution in [0.5, 0.6) is 0 Å². The van der Waals surface area contributed by atoms with Crippen LogP contribution in [-0.2, 0) is 23.7 Å². The van der Waals surface area contributed by atoms with Gasteiger partial charge in [-0.1, -0.05) is 160 Å². The van der Waals surface area contributed by atoms with Crippen molar-refractivity contribution in [3.05, 3.63) is 174 Å². The summed E-state index contributed by atoms with van der Waals surface area (Å²) in [5.74, 6) is 7.23. The van der Waals surface area contributed by atoms with Crippen molar-refractivity contribution < 1.29 is 0 Å². The van der Waals surface area contributed by atoms with Crippen molar-refractivity contribution in [3.8, 4) is 34.1 Å². The third-order valence-corrected chi connectivity index (χ3v) is 17.0. The van der Waals surface area contributed by atoms with Crippen LogP contribution in [0.25, 0.3) is 88.2 Å². The zero-order chi connectivity index (χ0) is 51.8. The highest BCUT2D eigenvalue weighted by Gasteiger charge is 2.28. The van der Waals surface area contributed by atoms with Gasteiger partial charge in [-0.05, 0) is 199 Å². The number of nitrogens with zero attached hydrogens (tertiary/aromatic N) is 2. The number of allylic oxidation sites excluding steroid dienone is 4. The Hall–Kier alpha value is -6.49. The molecule has 0 spiro atoms. The zero-order valence-electron chi connectivity index (χ0n) is 45.4. The SMILES string of the molecule is CCC1=C(C)c2nc1cc1[nH]c(c(C)c1CC)c(-c1cc(C(C)(C)C)cc(C(C)(C)C)c1)c1[nH]c(cc3nc(c2-c2ccc(C#Cc4c5ccccc5c(I)c5ccccc45)cc2)C(C)=C3CC)c(CC)c1C. The van der Waals surface area contributed by atoms with Gasteiger partial charge in [-0.3, -0.25) is 0 Å². The molecule has 0 aliphatic carbocycles. The first-order valence-corrected chi connectivity index (χ1v) is 27.5. The Bertz CT molecular complexity index is 3690. The van der Waals surface area contributed by atoms with E-state index in [0.717, 1.165) is 92.8 Å². The Morgan fingerprint density at radius 3 is 1.34 bits per heavy atom. The van der Waals surface area contributed by atoms with Crippen molar-refractivity contribution >= 4 is 88.5 Å². The van der Waals surface area contributed by atoms with E-state index in [4.69, 9.17) is 9.97 Å². The number of aryl methyl sites for hydroxylation is 4. The largest absolute Gasteiger partial charge is 0.354 e. The maximum atomic E-state index is 5.70. The Balaban J connectivity index is 1.28. The lowest BCUT2D eigenvalue weighted by molar-refractivity contribution is 0.569. The van der Waals surface area contributed by atoms with Crippen LogP contribution >= 0.6 is 22.6 Å². The first-order chi connectivity index (χ1) is 34.9. The van der Waals surface area contributed by atoms with Gasteiger partial charge in [0.25, 0.3) is 0 Å². The molecule has 5 heterocycles. The molecule has 0 saturated heterocycles. The van der Waals surface area contributed by atoms with Gasteiger partial charge in [-0.2, -0.15) is 0 Å². The fourth-order valence-corrected chi connectivity index (χ4v) is 12.5. The number of fused-ring (bicyclic) bond motifs is 10. The molecule has 368 valence electrons. The maximum absolute atomic E-state index is 5.70. The van der Waals surface area contributed by atoms with E-state index < -0.39 is 0 Å². The molecule has 8 aromatic rings. The summed E-state index contributed by atoms with van der Waals surface area (Å²) in [7, 11) is 0. The molecule has 2 aliphatic heterocycles. The van der Waals surface area contributed by atoms with E-state index in [1.807, 2.05) is 0 Å². The molecule has 5 aromatic carbocycles. The highest BCUT2D eigenvalue weighted by atomic mass is 127. The molecule has 0 radical (unpaired) electrons. The summed E-state index contributed by atoms with van der Waals surface area (Å²) in [6, 6.07) is 38.1. The van der Waals surface area contributed by atoms with Gasteiger partial charge in [0.1, 0.15) is 0 Å². The topological polar surface area (TPSA) is 57.4 Å². The second-order valence-electron chi connectivity index (χ2n) is 22.3. The molecular formula is C68H69IN4. The van der Waals surface area contributed by atoms with Gasteiger partial charge in [0, 0.05) is 36.9 Å². The summed E-state index contributed by atoms with van der Waals surface area (Å²) in [6.45, 7) is 32.2. The van der Waals surface area contributed by atoms with Crippen LogP contribution in [0.3, 0.4) is 0 Å². The number of hydrogen-bond donors (Lipinski definition) is 2. The van der Waals surface area contributed by atoms with Crippen LogP contribution in [0.1, 0.15) is 163 Å². The Morgan fingerprint density at radius 1 is 0.493 bits per heavy atom. The quantitative estimate of drug-likeness (QED) is 0.0990. The van der Waals surface area contributed by atoms with Crippen molar-refractivity contribution in [3.63, 3.8) is 0 Å². The summed E-state index contributed by atoms with van der Waals surface area (Å²) in [4.78, 5) is 19.6. The summed E-state index contributed by atoms with van der Waals surface area (Å²) in [5, 5.41) is 4.82. The number of aromatic amines is 2. The number of rotatable bonds is 6. The van der Waals surface area contributed by atoms with E-state index in [9.17, 15) is 0 Å². The first-order valence-electron chi connectivity index (χ1n) is 26.4. The van der Waals surface area contributed by atoms with Crippen molar-refractivity contribution in [1.82, 2.24) is 19.9 Å². The minimum Gasteiger partial charge on any atom is -0.354 e. The van der Waals surface area contributed by atoms with Crippen LogP contribution in [0.4, 0.5) is 0 Å². The van der Waals surface area contributed by atoms with E-state index in [1.54, 1.807) is 0 Å². The number of aromatic nitrogens is 4. The molecule has 10 rings (SSSR count). The molecular weight excluding hydrogens is 1000 g/mol. The molecule has 0 atom stereocenters. The first kappa shape index (κ1) is 50.1. The van der Waals surface area contributed by atoms with Gasteiger partial charge in [-0.25, -0.2) is 9.97 Å². The summed E-state index contributed by atoms with van der Waals surface area (Å²) < 4.78 is 1.26. The number of H-pyrrole nitrogens is 2. The summed E-state index contributed by atoms with van der Waals surface area (Å²) in [6.07, 6.45) is 3.47. The molecule has 73 heavy (non-hydrogen) atoms. The van der Waals surface area contributed by atoms with Gasteiger partial charge < -0.3 is 9.97 Å². The smallest absolute Gasteiger partial charge is 0.0769 e. The fourth-order valence-electron chi connectivity index (χ4n) is 11.6. The van der Waals surface area contributed by atoms with Crippen LogP contribution < -0.4 is 0 Å². The van der Waals surface area contributed by atoms with Crippen LogP contribution in [0.2, 0.25) is 0 Å². The predicted octanol–water partition coefficient (Wildman–Crippen LogP) is 19.0. The minimum absolute atomic E-state index is 0.0461. The van der Waals surface area contributed by atoms with Gasteiger partial charge in [0.05, 0.1) is 33.8 Å². The number of halogens is 1. The number of benzene rings is 5. The Kier molecular flexibility index (Phi) is 13.1. The molecule has 5 heteroatoms. The average Bonchev–Trinajstić information content (AvgIpc) is 4.06. The second-order valence-corrected chi connectivity index (χ2v) is 23.4. The second kappa shape index (κ2) is 19.1. The molecule has 0 amide bonds. The van der Waals surface area contributed by atoms with Crippen molar-refractivity contribution in [1.29, 1.82) is 0 Å². The van der Waals surface area contributed by atoms with Gasteiger partial charge in [-0.15, -0.1) is 0 Å². The Morgan fingerprint density at radius 2 is 0.932 bits per heavy atom. The maximum Gasteiger partial charge on any atom is 0.0769 e. The lowest BCUT2D eigenvalue weighted by Crippen LogP contribution is -2.16. The fraction of sp³-hybridized carbons (Fsp3) is 0.294. The lowest BCUT2D eigenvalue weighted by Gasteiger charge is -2.26. The minimum atomic E-state index is -0.0461. The summed E-state index contributed by atoms with van der Waals surface area (Å²) >= 11 is 2.49. The van der Waals surface area contributed by atoms with Crippen LogP contribution in [-0.4, -0.2) is 19.9 Å². The standard InChI is InChI=1S/C68H69IN4/c1-15-47-38(5)63-60(43-30-27-42(28-31-43)29-32-53-51-23-19-21-25-54(51)62(69)55-26-22-20-24-52(53)55)64-39(6)48(16-2)57(71-64)37-59-50(18-4)41(8)66(73-59)61(65-40(7)49(17-3)58(72-65)36-56(47)70-63)44-33-45(67(9,10)11)35-46(34-44)68(12,13)14/h19-28,30-31,33-37,72-73H,15-18H2,1-14H3. The lowest BCUT2D eigenvalue weighted by atomic mass is 9.78. The van der Waals surface area contributed by atoms with Crippen molar-refractivity contribution in [2.24, 2.45) is 0 Å². The molecule has 3 aromatic heterocycles. The molecule has 8 bridgehead atoms. The highest BCUT2D eigenvalue weighted by Crippen LogP contribution is 2.45. The van der Waals surface area contributed by atoms with Gasteiger partial charge >= 0.3 is 0 Å². The molecule has 4 nitrogen and oxygen atoms in total. The number of hydrogen-bond acceptors (Lipinski definition) is 2. The van der Waals surface area contributed by atoms with Crippen molar-refractivity contribution in [2.45, 2.75) is 133 Å². The van der Waals surface area contributed by atoms with E-state index in [2.05, 4.69) is 244 Å². The van der Waals surface area contributed by atoms with E-state index in [0.29, 0.717) is 0 Å². The monoisotopic (exact) mass is 1070 g/mol. The third kappa shape index (κ3) is 8.68. The van der Waals surface area contributed by atoms with E-state index in [-0.39, 0.29) is 10.8 Å². The number of nitrogens with one attached hydrogen (secondary N) is 2. The normalized spacial score (nSPS) is 13.1. The van der Waals surface area contributed by atoms with Gasteiger partial charge in [0.2, 0.25) is 0 Å². The molecule has 2 aliphatic rings. The zero-order valence-corrected chi connectivity index (χ0v) is 47.6. The van der Waals surface area contributed by atoms with Crippen LogP contribution in [0.15, 0.2) is 103 Å². The van der Waals surface area contributed by atoms with Gasteiger partial charge in [0.15, 0.2) is 0 Å². The summed E-state index contributed by atoms with van der Waals surface area (Å²) in [5.41, 5.74) is 27.7.